The van der Waals surface area contributed by atoms with Crippen LogP contribution in [0.25, 0.3) is 10.4 Å². The van der Waals surface area contributed by atoms with Gasteiger partial charge in [-0.15, -0.1) is 11.3 Å². The molecule has 1 unspecified atom stereocenters. The van der Waals surface area contributed by atoms with E-state index in [1.807, 2.05) is 0 Å². The molecule has 0 radical (unpaired) electrons. The summed E-state index contributed by atoms with van der Waals surface area (Å²) in [6.07, 6.45) is -5.03. The third-order valence-electron chi connectivity index (χ3n) is 5.80. The van der Waals surface area contributed by atoms with Crippen molar-refractivity contribution in [2.45, 2.75) is 38.1 Å². The SMILES string of the molecule is CCN(CC)C(=O)c1nc(C(=O)NCC2(O)COC2)sc1-c1ccc(C(C)(O)C(F)(F)F)c(Cl)c1Cl. The molecule has 3 rings (SSSR count). The number of amides is 2. The number of nitrogens with zero attached hydrogens (tertiary/aromatic N) is 2. The molecule has 2 heterocycles. The van der Waals surface area contributed by atoms with Crippen LogP contribution in [0.3, 0.4) is 0 Å². The molecule has 1 aliphatic heterocycles. The Kier molecular flexibility index (Phi) is 8.28. The molecule has 2 amide bonds. The molecule has 0 bridgehead atoms. The Balaban J connectivity index is 2.08. The van der Waals surface area contributed by atoms with Gasteiger partial charge in [0.25, 0.3) is 11.8 Å². The molecule has 14 heteroatoms. The third kappa shape index (κ3) is 5.34. The van der Waals surface area contributed by atoms with Crippen molar-refractivity contribution < 1.29 is 37.7 Å². The van der Waals surface area contributed by atoms with Crippen molar-refractivity contribution in [2.75, 3.05) is 32.8 Å². The highest BCUT2D eigenvalue weighted by atomic mass is 35.5. The summed E-state index contributed by atoms with van der Waals surface area (Å²) >= 11 is 13.3. The van der Waals surface area contributed by atoms with Crippen LogP contribution in [-0.4, -0.2) is 76.5 Å². The van der Waals surface area contributed by atoms with Crippen molar-refractivity contribution in [3.8, 4) is 10.4 Å². The van der Waals surface area contributed by atoms with Crippen LogP contribution < -0.4 is 5.32 Å². The minimum absolute atomic E-state index is 0.0598. The Morgan fingerprint density at radius 1 is 1.22 bits per heavy atom. The largest absolute Gasteiger partial charge is 0.421 e. The first-order chi connectivity index (χ1) is 16.7. The van der Waals surface area contributed by atoms with Crippen LogP contribution in [0.2, 0.25) is 10.0 Å². The van der Waals surface area contributed by atoms with Gasteiger partial charge in [-0.05, 0) is 20.8 Å². The van der Waals surface area contributed by atoms with E-state index >= 15 is 0 Å². The highest BCUT2D eigenvalue weighted by Crippen LogP contribution is 2.47. The van der Waals surface area contributed by atoms with Gasteiger partial charge in [-0.25, -0.2) is 4.98 Å². The maximum Gasteiger partial charge on any atom is 0.421 e. The molecule has 0 saturated carbocycles. The third-order valence-corrected chi connectivity index (χ3v) is 7.77. The van der Waals surface area contributed by atoms with Gasteiger partial charge in [0.15, 0.2) is 10.6 Å². The van der Waals surface area contributed by atoms with E-state index in [-0.39, 0.29) is 45.9 Å². The summed E-state index contributed by atoms with van der Waals surface area (Å²) in [5.74, 6) is -1.19. The maximum atomic E-state index is 13.4. The molecule has 1 aromatic heterocycles. The van der Waals surface area contributed by atoms with Crippen molar-refractivity contribution >= 4 is 46.4 Å². The fourth-order valence-corrected chi connectivity index (χ4v) is 5.09. The molecule has 1 fully saturated rings. The van der Waals surface area contributed by atoms with Crippen molar-refractivity contribution in [2.24, 2.45) is 0 Å². The van der Waals surface area contributed by atoms with Gasteiger partial charge < -0.3 is 25.2 Å². The van der Waals surface area contributed by atoms with Crippen LogP contribution in [0.4, 0.5) is 13.2 Å². The summed E-state index contributed by atoms with van der Waals surface area (Å²) in [5.41, 5.74) is -5.21. The van der Waals surface area contributed by atoms with E-state index < -0.39 is 39.8 Å². The molecule has 8 nitrogen and oxygen atoms in total. The first-order valence-electron chi connectivity index (χ1n) is 10.8. The molecule has 1 saturated heterocycles. The minimum Gasteiger partial charge on any atom is -0.383 e. The van der Waals surface area contributed by atoms with Crippen LogP contribution in [0.15, 0.2) is 12.1 Å². The Bertz CT molecular complexity index is 1160. The molecule has 198 valence electrons. The summed E-state index contributed by atoms with van der Waals surface area (Å²) in [4.78, 5) is 31.7. The number of aliphatic hydroxyl groups is 2. The van der Waals surface area contributed by atoms with Gasteiger partial charge in [0, 0.05) is 24.2 Å². The number of nitrogens with one attached hydrogen (secondary N) is 1. The number of thiazole rings is 1. The summed E-state index contributed by atoms with van der Waals surface area (Å²) < 4.78 is 45.1. The lowest BCUT2D eigenvalue weighted by Crippen LogP contribution is -2.56. The van der Waals surface area contributed by atoms with Crippen LogP contribution in [0, 0.1) is 0 Å². The molecular weight excluding hydrogens is 546 g/mol. The lowest BCUT2D eigenvalue weighted by molar-refractivity contribution is -0.258. The molecule has 0 aliphatic carbocycles. The van der Waals surface area contributed by atoms with Crippen molar-refractivity contribution in [3.63, 3.8) is 0 Å². The van der Waals surface area contributed by atoms with Gasteiger partial charge in [0.1, 0.15) is 11.3 Å². The maximum absolute atomic E-state index is 13.4. The second kappa shape index (κ2) is 10.4. The molecule has 1 aromatic carbocycles. The van der Waals surface area contributed by atoms with E-state index in [2.05, 4.69) is 10.3 Å². The molecule has 1 aliphatic rings. The van der Waals surface area contributed by atoms with Crippen molar-refractivity contribution in [1.29, 1.82) is 0 Å². The van der Waals surface area contributed by atoms with Crippen molar-refractivity contribution in [3.05, 3.63) is 38.4 Å². The molecular formula is C22H24Cl2F3N3O5S. The van der Waals surface area contributed by atoms with Gasteiger partial charge in [0.05, 0.1) is 34.7 Å². The zero-order chi connectivity index (χ0) is 27.1. The first-order valence-corrected chi connectivity index (χ1v) is 12.4. The number of aromatic nitrogens is 1. The first kappa shape index (κ1) is 28.6. The van der Waals surface area contributed by atoms with E-state index in [4.69, 9.17) is 27.9 Å². The van der Waals surface area contributed by atoms with Gasteiger partial charge in [-0.2, -0.15) is 13.2 Å². The monoisotopic (exact) mass is 569 g/mol. The van der Waals surface area contributed by atoms with Gasteiger partial charge in [-0.3, -0.25) is 9.59 Å². The number of rotatable bonds is 8. The standard InChI is InChI=1S/C22H24Cl2F3N3O5S/c1-4-30(5-2)19(32)15-16(36-18(29-15)17(31)28-8-21(34)9-35-10-21)11-6-7-12(14(24)13(11)23)20(3,33)22(25,26)27/h6-7,33-34H,4-5,8-10H2,1-3H3,(H,28,31). The number of halogens is 5. The quantitative estimate of drug-likeness (QED) is 0.445. The second-order valence-corrected chi connectivity index (χ2v) is 10.2. The average Bonchev–Trinajstić information content (AvgIpc) is 3.23. The van der Waals surface area contributed by atoms with E-state index in [0.717, 1.165) is 17.4 Å². The fourth-order valence-electron chi connectivity index (χ4n) is 3.42. The Morgan fingerprint density at radius 2 is 1.83 bits per heavy atom. The second-order valence-electron chi connectivity index (χ2n) is 8.43. The Morgan fingerprint density at radius 3 is 2.33 bits per heavy atom. The number of alkyl halides is 3. The number of carbonyl (C=O) groups is 2. The molecule has 0 spiro atoms. The van der Waals surface area contributed by atoms with Crippen molar-refractivity contribution in [1.82, 2.24) is 15.2 Å². The summed E-state index contributed by atoms with van der Waals surface area (Å²) in [7, 11) is 0. The summed E-state index contributed by atoms with van der Waals surface area (Å²) in [5, 5.41) is 21.7. The number of hydrogen-bond acceptors (Lipinski definition) is 7. The zero-order valence-electron chi connectivity index (χ0n) is 19.5. The van der Waals surface area contributed by atoms with Gasteiger partial charge >= 0.3 is 6.18 Å². The molecule has 2 aromatic rings. The summed E-state index contributed by atoms with van der Waals surface area (Å²) in [6, 6.07) is 2.15. The van der Waals surface area contributed by atoms with Crippen LogP contribution in [-0.2, 0) is 10.3 Å². The van der Waals surface area contributed by atoms with E-state index in [0.29, 0.717) is 20.0 Å². The predicted octanol–water partition coefficient (Wildman–Crippen LogP) is 3.86. The van der Waals surface area contributed by atoms with Crippen LogP contribution >= 0.6 is 34.5 Å². The van der Waals surface area contributed by atoms with Gasteiger partial charge in [-0.1, -0.05) is 35.3 Å². The molecule has 1 atom stereocenters. The number of hydrogen-bond donors (Lipinski definition) is 3. The van der Waals surface area contributed by atoms with Gasteiger partial charge in [0.2, 0.25) is 0 Å². The zero-order valence-corrected chi connectivity index (χ0v) is 21.8. The Hall–Kier alpha value is -1.96. The highest BCUT2D eigenvalue weighted by molar-refractivity contribution is 7.17. The lowest BCUT2D eigenvalue weighted by atomic mass is 9.94. The minimum atomic E-state index is -5.03. The average molecular weight is 570 g/mol. The molecule has 3 N–H and O–H groups in total. The number of carbonyl (C=O) groups excluding carboxylic acids is 2. The van der Waals surface area contributed by atoms with Crippen LogP contribution in [0.5, 0.6) is 0 Å². The molecule has 36 heavy (non-hydrogen) atoms. The van der Waals surface area contributed by atoms with Crippen LogP contribution in [0.1, 0.15) is 46.6 Å². The fraction of sp³-hybridized carbons (Fsp3) is 0.500. The smallest absolute Gasteiger partial charge is 0.383 e. The number of ether oxygens (including phenoxy) is 1. The predicted molar refractivity (Wildman–Crippen MR) is 129 cm³/mol. The van der Waals surface area contributed by atoms with E-state index in [9.17, 15) is 33.0 Å². The topological polar surface area (TPSA) is 112 Å². The Labute approximate surface area is 219 Å². The number of benzene rings is 1. The highest BCUT2D eigenvalue weighted by Gasteiger charge is 2.52. The lowest BCUT2D eigenvalue weighted by Gasteiger charge is -2.36. The normalized spacial score (nSPS) is 16.7. The van der Waals surface area contributed by atoms with E-state index in [1.54, 1.807) is 13.8 Å². The van der Waals surface area contributed by atoms with E-state index in [1.165, 1.54) is 11.0 Å². The summed E-state index contributed by atoms with van der Waals surface area (Å²) in [6.45, 7) is 4.74.